The highest BCUT2D eigenvalue weighted by molar-refractivity contribution is 9.10. The highest BCUT2D eigenvalue weighted by Gasteiger charge is 2.06. The third-order valence-corrected chi connectivity index (χ3v) is 3.75. The van der Waals surface area contributed by atoms with E-state index in [1.165, 1.54) is 0 Å². The van der Waals surface area contributed by atoms with Gasteiger partial charge in [0, 0.05) is 11.0 Å². The van der Waals surface area contributed by atoms with Crippen molar-refractivity contribution in [2.75, 3.05) is 19.0 Å². The lowest BCUT2D eigenvalue weighted by molar-refractivity contribution is 0.310. The van der Waals surface area contributed by atoms with E-state index in [-0.39, 0.29) is 0 Å². The van der Waals surface area contributed by atoms with Crippen molar-refractivity contribution in [3.8, 4) is 11.5 Å². The molecule has 3 nitrogen and oxygen atoms in total. The summed E-state index contributed by atoms with van der Waals surface area (Å²) in [5.74, 6) is 1.49. The summed E-state index contributed by atoms with van der Waals surface area (Å²) in [5, 5.41) is 3.99. The van der Waals surface area contributed by atoms with E-state index in [0.29, 0.717) is 18.2 Å². The van der Waals surface area contributed by atoms with Crippen LogP contribution >= 0.6 is 27.5 Å². The molecule has 0 unspecified atom stereocenters. The van der Waals surface area contributed by atoms with E-state index in [1.54, 1.807) is 7.11 Å². The van der Waals surface area contributed by atoms with E-state index in [4.69, 9.17) is 21.1 Å². The van der Waals surface area contributed by atoms with Crippen molar-refractivity contribution in [2.45, 2.75) is 13.5 Å². The molecule has 0 bridgehead atoms. The zero-order valence-corrected chi connectivity index (χ0v) is 14.3. The van der Waals surface area contributed by atoms with Gasteiger partial charge in [-0.05, 0) is 42.8 Å². The van der Waals surface area contributed by atoms with Crippen LogP contribution in [0.25, 0.3) is 0 Å². The molecule has 0 heterocycles. The van der Waals surface area contributed by atoms with Gasteiger partial charge in [-0.15, -0.1) is 0 Å². The Hall–Kier alpha value is -1.39. The SMILES string of the molecule is CCOc1ccc(CNc2ccc(Br)cc2Cl)cc1OC. The van der Waals surface area contributed by atoms with Crippen LogP contribution in [0, 0.1) is 0 Å². The van der Waals surface area contributed by atoms with Gasteiger partial charge >= 0.3 is 0 Å². The Kier molecular flexibility index (Phi) is 5.76. The first-order valence-corrected chi connectivity index (χ1v) is 7.79. The fourth-order valence-corrected chi connectivity index (χ4v) is 2.67. The van der Waals surface area contributed by atoms with Crippen molar-refractivity contribution in [3.63, 3.8) is 0 Å². The highest BCUT2D eigenvalue weighted by atomic mass is 79.9. The van der Waals surface area contributed by atoms with Gasteiger partial charge in [0.05, 0.1) is 24.4 Å². The molecule has 0 aliphatic rings. The summed E-state index contributed by atoms with van der Waals surface area (Å²) in [6, 6.07) is 11.6. The first-order valence-electron chi connectivity index (χ1n) is 6.62. The van der Waals surface area contributed by atoms with Crippen molar-refractivity contribution < 1.29 is 9.47 Å². The third-order valence-electron chi connectivity index (χ3n) is 2.94. The Balaban J connectivity index is 2.09. The average molecular weight is 371 g/mol. The number of hydrogen-bond acceptors (Lipinski definition) is 3. The number of nitrogens with one attached hydrogen (secondary N) is 1. The number of benzene rings is 2. The minimum absolute atomic E-state index is 0.614. The standard InChI is InChI=1S/C16H17BrClNO2/c1-3-21-15-7-4-11(8-16(15)20-2)10-19-14-6-5-12(17)9-13(14)18/h4-9,19H,3,10H2,1-2H3. The minimum Gasteiger partial charge on any atom is -0.493 e. The molecule has 0 amide bonds. The molecule has 0 saturated heterocycles. The van der Waals surface area contributed by atoms with Crippen LogP contribution in [0.15, 0.2) is 40.9 Å². The molecule has 5 heteroatoms. The zero-order valence-electron chi connectivity index (χ0n) is 12.0. The fraction of sp³-hybridized carbons (Fsp3) is 0.250. The Morgan fingerprint density at radius 3 is 2.62 bits per heavy atom. The van der Waals surface area contributed by atoms with Gasteiger partial charge in [0.1, 0.15) is 0 Å². The molecule has 2 aromatic rings. The molecule has 0 radical (unpaired) electrons. The van der Waals surface area contributed by atoms with Crippen LogP contribution in [-0.4, -0.2) is 13.7 Å². The van der Waals surface area contributed by atoms with Gasteiger partial charge in [0.15, 0.2) is 11.5 Å². The normalized spacial score (nSPS) is 10.3. The van der Waals surface area contributed by atoms with Crippen LogP contribution in [0.3, 0.4) is 0 Å². The van der Waals surface area contributed by atoms with Crippen LogP contribution in [0.2, 0.25) is 5.02 Å². The molecular formula is C16H17BrClNO2. The molecule has 1 N–H and O–H groups in total. The Labute approximate surface area is 138 Å². The molecule has 2 aromatic carbocycles. The second-order valence-electron chi connectivity index (χ2n) is 4.40. The zero-order chi connectivity index (χ0) is 15.2. The van der Waals surface area contributed by atoms with Crippen molar-refractivity contribution in [2.24, 2.45) is 0 Å². The topological polar surface area (TPSA) is 30.5 Å². The molecule has 0 aliphatic heterocycles. The van der Waals surface area contributed by atoms with E-state index in [0.717, 1.165) is 27.2 Å². The monoisotopic (exact) mass is 369 g/mol. The summed E-state index contributed by atoms with van der Waals surface area (Å²) in [6.07, 6.45) is 0. The maximum Gasteiger partial charge on any atom is 0.161 e. The number of rotatable bonds is 6. The number of hydrogen-bond donors (Lipinski definition) is 1. The van der Waals surface area contributed by atoms with Crippen molar-refractivity contribution in [1.29, 1.82) is 0 Å². The molecule has 0 atom stereocenters. The predicted molar refractivity (Wildman–Crippen MR) is 90.6 cm³/mol. The van der Waals surface area contributed by atoms with E-state index in [9.17, 15) is 0 Å². The predicted octanol–water partition coefficient (Wildman–Crippen LogP) is 5.12. The van der Waals surface area contributed by atoms with Gasteiger partial charge in [0.2, 0.25) is 0 Å². The minimum atomic E-state index is 0.614. The first kappa shape index (κ1) is 16.0. The molecule has 0 fully saturated rings. The summed E-state index contributed by atoms with van der Waals surface area (Å²) in [4.78, 5) is 0. The highest BCUT2D eigenvalue weighted by Crippen LogP contribution is 2.29. The number of methoxy groups -OCH3 is 1. The third kappa shape index (κ3) is 4.29. The van der Waals surface area contributed by atoms with Gasteiger partial charge in [-0.1, -0.05) is 33.6 Å². The van der Waals surface area contributed by atoms with Crippen molar-refractivity contribution in [1.82, 2.24) is 0 Å². The van der Waals surface area contributed by atoms with Crippen LogP contribution in [0.4, 0.5) is 5.69 Å². The van der Waals surface area contributed by atoms with Gasteiger partial charge in [-0.3, -0.25) is 0 Å². The molecule has 0 saturated carbocycles. The largest absolute Gasteiger partial charge is 0.493 e. The maximum absolute atomic E-state index is 6.18. The second-order valence-corrected chi connectivity index (χ2v) is 5.72. The Morgan fingerprint density at radius 1 is 1.14 bits per heavy atom. The first-order chi connectivity index (χ1) is 10.1. The number of halogens is 2. The summed E-state index contributed by atoms with van der Waals surface area (Å²) >= 11 is 9.57. The molecule has 2 rings (SSSR count). The van der Waals surface area contributed by atoms with Crippen LogP contribution < -0.4 is 14.8 Å². The van der Waals surface area contributed by atoms with Crippen LogP contribution in [-0.2, 0) is 6.54 Å². The molecule has 112 valence electrons. The maximum atomic E-state index is 6.18. The summed E-state index contributed by atoms with van der Waals surface area (Å²) in [6.45, 7) is 3.22. The Morgan fingerprint density at radius 2 is 1.95 bits per heavy atom. The number of ether oxygens (including phenoxy) is 2. The lowest BCUT2D eigenvalue weighted by atomic mass is 10.2. The molecule has 0 aliphatic carbocycles. The Bertz CT molecular complexity index is 619. The van der Waals surface area contributed by atoms with Crippen molar-refractivity contribution >= 4 is 33.2 Å². The quantitative estimate of drug-likeness (QED) is 0.765. The van der Waals surface area contributed by atoms with E-state index in [2.05, 4.69) is 21.2 Å². The smallest absolute Gasteiger partial charge is 0.161 e. The van der Waals surface area contributed by atoms with E-state index >= 15 is 0 Å². The van der Waals surface area contributed by atoms with Crippen LogP contribution in [0.5, 0.6) is 11.5 Å². The average Bonchev–Trinajstić information content (AvgIpc) is 2.47. The molecule has 0 spiro atoms. The van der Waals surface area contributed by atoms with Gasteiger partial charge in [-0.25, -0.2) is 0 Å². The summed E-state index contributed by atoms with van der Waals surface area (Å²) < 4.78 is 11.8. The van der Waals surface area contributed by atoms with Gasteiger partial charge in [-0.2, -0.15) is 0 Å². The second kappa shape index (κ2) is 7.57. The fourth-order valence-electron chi connectivity index (χ4n) is 1.93. The van der Waals surface area contributed by atoms with Crippen molar-refractivity contribution in [3.05, 3.63) is 51.5 Å². The van der Waals surface area contributed by atoms with E-state index in [1.807, 2.05) is 43.3 Å². The van der Waals surface area contributed by atoms with Crippen LogP contribution in [0.1, 0.15) is 12.5 Å². The van der Waals surface area contributed by atoms with E-state index < -0.39 is 0 Å². The molecule has 0 aromatic heterocycles. The summed E-state index contributed by atoms with van der Waals surface area (Å²) in [5.41, 5.74) is 1.99. The molecular weight excluding hydrogens is 354 g/mol. The summed E-state index contributed by atoms with van der Waals surface area (Å²) in [7, 11) is 1.64. The number of anilines is 1. The lowest BCUT2D eigenvalue weighted by Crippen LogP contribution is -2.01. The lowest BCUT2D eigenvalue weighted by Gasteiger charge is -2.12. The van der Waals surface area contributed by atoms with Gasteiger partial charge < -0.3 is 14.8 Å². The van der Waals surface area contributed by atoms with Gasteiger partial charge in [0.25, 0.3) is 0 Å². The molecule has 21 heavy (non-hydrogen) atoms.